The molecule has 1 aromatic carbocycles. The van der Waals surface area contributed by atoms with E-state index in [-0.39, 0.29) is 50.9 Å². The van der Waals surface area contributed by atoms with Gasteiger partial charge in [0.25, 0.3) is 11.5 Å². The number of primary amides is 1. The maximum atomic E-state index is 14.9. The maximum Gasteiger partial charge on any atom is 0.263 e. The highest BCUT2D eigenvalue weighted by molar-refractivity contribution is 6.33. The molecule has 3 aromatic heterocycles. The van der Waals surface area contributed by atoms with E-state index >= 15 is 0 Å². The van der Waals surface area contributed by atoms with Crippen LogP contribution in [0.2, 0.25) is 5.02 Å². The summed E-state index contributed by atoms with van der Waals surface area (Å²) in [5.41, 5.74) is 4.68. The highest BCUT2D eigenvalue weighted by Gasteiger charge is 2.33. The molecule has 0 aliphatic carbocycles. The third-order valence-electron chi connectivity index (χ3n) is 8.53. The Bertz CT molecular complexity index is 1990. The molecule has 1 fully saturated rings. The highest BCUT2D eigenvalue weighted by atomic mass is 35.5. The van der Waals surface area contributed by atoms with Crippen molar-refractivity contribution >= 4 is 46.0 Å². The van der Waals surface area contributed by atoms with Crippen molar-refractivity contribution < 1.29 is 23.5 Å². The smallest absolute Gasteiger partial charge is 0.263 e. The largest absolute Gasteiger partial charge is 0.504 e. The number of hydrogen-bond acceptors (Lipinski definition) is 8. The first-order chi connectivity index (χ1) is 21.6. The van der Waals surface area contributed by atoms with Crippen molar-refractivity contribution in [3.8, 4) is 16.9 Å². The van der Waals surface area contributed by atoms with Gasteiger partial charge in [-0.3, -0.25) is 19.0 Å². The zero-order valence-electron chi connectivity index (χ0n) is 25.7. The number of rotatable bonds is 6. The van der Waals surface area contributed by atoms with E-state index < -0.39 is 40.5 Å². The van der Waals surface area contributed by atoms with E-state index in [1.54, 1.807) is 4.57 Å². The third-order valence-corrected chi connectivity index (χ3v) is 8.89. The predicted molar refractivity (Wildman–Crippen MR) is 169 cm³/mol. The second-order valence-corrected chi connectivity index (χ2v) is 13.2. The number of nitrogens with zero attached hydrogens (tertiary/aromatic N) is 6. The van der Waals surface area contributed by atoms with Gasteiger partial charge in [0.2, 0.25) is 11.9 Å². The zero-order valence-corrected chi connectivity index (χ0v) is 26.5. The molecule has 0 spiro atoms. The predicted octanol–water partition coefficient (Wildman–Crippen LogP) is 3.36. The molecule has 4 N–H and O–H groups in total. The van der Waals surface area contributed by atoms with Crippen molar-refractivity contribution in [3.63, 3.8) is 0 Å². The molecule has 2 amide bonds. The number of carbonyl (C=O) groups excluding carboxylic acids is 2. The molecule has 0 radical (unpaired) electrons. The lowest BCUT2D eigenvalue weighted by molar-refractivity contribution is -0.116. The third kappa shape index (κ3) is 5.55. The molecule has 0 unspecified atom stereocenters. The average Bonchev–Trinajstić information content (AvgIpc) is 3.48. The molecule has 2 aliphatic rings. The van der Waals surface area contributed by atoms with Gasteiger partial charge in [0.15, 0.2) is 11.6 Å². The molecule has 4 aromatic rings. The molecule has 242 valence electrons. The molecule has 1 saturated heterocycles. The Morgan fingerprint density at radius 3 is 2.63 bits per heavy atom. The Morgan fingerprint density at radius 2 is 1.93 bits per heavy atom. The molecule has 6 rings (SSSR count). The van der Waals surface area contributed by atoms with E-state index in [1.807, 2.05) is 32.7 Å². The first-order valence-corrected chi connectivity index (χ1v) is 15.1. The maximum absolute atomic E-state index is 14.9. The second kappa shape index (κ2) is 11.4. The van der Waals surface area contributed by atoms with Gasteiger partial charge < -0.3 is 30.5 Å². The van der Waals surface area contributed by atoms with Crippen LogP contribution in [-0.4, -0.2) is 73.6 Å². The fraction of sp³-hybridized carbons (Fsp3) is 0.387. The van der Waals surface area contributed by atoms with Crippen LogP contribution in [0.4, 0.5) is 20.3 Å². The lowest BCUT2D eigenvalue weighted by Crippen LogP contribution is -2.50. The van der Waals surface area contributed by atoms with Gasteiger partial charge in [-0.05, 0) is 37.1 Å². The quantitative estimate of drug-likeness (QED) is 0.268. The van der Waals surface area contributed by atoms with Crippen LogP contribution in [0.15, 0.2) is 29.2 Å². The number of benzene rings is 1. The number of likely N-dealkylation sites (N-methyl/N-ethyl adjacent to an activating group) is 1. The first-order valence-electron chi connectivity index (χ1n) is 14.7. The van der Waals surface area contributed by atoms with Crippen molar-refractivity contribution in [2.75, 3.05) is 36.9 Å². The minimum atomic E-state index is -1.11. The van der Waals surface area contributed by atoms with Crippen LogP contribution < -0.4 is 21.5 Å². The molecule has 46 heavy (non-hydrogen) atoms. The van der Waals surface area contributed by atoms with Crippen LogP contribution in [0, 0.1) is 17.2 Å². The number of hydrogen-bond donors (Lipinski definition) is 3. The van der Waals surface area contributed by atoms with Crippen molar-refractivity contribution in [3.05, 3.63) is 62.9 Å². The molecular formula is C31H33ClF2N8O4. The second-order valence-electron chi connectivity index (χ2n) is 12.8. The van der Waals surface area contributed by atoms with Gasteiger partial charge in [-0.25, -0.2) is 14.4 Å². The average molecular weight is 655 g/mol. The number of amides is 2. The number of nitrogens with one attached hydrogen (secondary N) is 1. The summed E-state index contributed by atoms with van der Waals surface area (Å²) in [4.78, 5) is 52.2. The molecule has 5 heterocycles. The number of nitrogens with two attached hydrogens (primary N) is 1. The van der Waals surface area contributed by atoms with Crippen molar-refractivity contribution in [2.45, 2.75) is 46.3 Å². The van der Waals surface area contributed by atoms with Gasteiger partial charge in [-0.2, -0.15) is 4.39 Å². The zero-order chi connectivity index (χ0) is 33.2. The van der Waals surface area contributed by atoms with Gasteiger partial charge in [0.05, 0.1) is 16.6 Å². The number of fused-ring (bicyclic) bond motifs is 2. The van der Waals surface area contributed by atoms with Crippen molar-refractivity contribution in [2.24, 2.45) is 11.1 Å². The van der Waals surface area contributed by atoms with E-state index in [2.05, 4.69) is 15.2 Å². The SMILES string of the molecule is C[C@H]1CN(C)CCN1c1cc(NC(=O)Cn2cc(-c3cc(F)c(O)c(C(N)=O)c3)c3c(=O)n4c(nc32)CC(C)(C)C4)c(Cl)c(F)n1. The van der Waals surface area contributed by atoms with Gasteiger partial charge in [0, 0.05) is 56.5 Å². The van der Waals surface area contributed by atoms with Gasteiger partial charge >= 0.3 is 0 Å². The van der Waals surface area contributed by atoms with Crippen LogP contribution >= 0.6 is 11.6 Å². The van der Waals surface area contributed by atoms with Crippen LogP contribution in [0.5, 0.6) is 5.75 Å². The number of aromatic hydroxyl groups is 1. The molecule has 0 bridgehead atoms. The molecule has 1 atom stereocenters. The lowest BCUT2D eigenvalue weighted by atomic mass is 9.92. The highest BCUT2D eigenvalue weighted by Crippen LogP contribution is 2.36. The number of carbonyl (C=O) groups is 2. The first kappa shape index (κ1) is 31.4. The van der Waals surface area contributed by atoms with E-state index in [1.165, 1.54) is 22.9 Å². The van der Waals surface area contributed by atoms with Crippen LogP contribution in [-0.2, 0) is 24.3 Å². The van der Waals surface area contributed by atoms with Gasteiger partial charge in [0.1, 0.15) is 28.9 Å². The Balaban J connectivity index is 1.41. The summed E-state index contributed by atoms with van der Waals surface area (Å²) in [7, 11) is 2.00. The molecular weight excluding hydrogens is 622 g/mol. The van der Waals surface area contributed by atoms with Crippen LogP contribution in [0.1, 0.15) is 37.0 Å². The fourth-order valence-corrected chi connectivity index (χ4v) is 6.50. The molecule has 2 aliphatic heterocycles. The van der Waals surface area contributed by atoms with Crippen LogP contribution in [0.3, 0.4) is 0 Å². The van der Waals surface area contributed by atoms with Crippen molar-refractivity contribution in [1.82, 2.24) is 24.0 Å². The number of anilines is 2. The number of halogens is 3. The number of pyridine rings is 1. The Morgan fingerprint density at radius 1 is 1.20 bits per heavy atom. The monoisotopic (exact) mass is 654 g/mol. The standard InChI is InChI=1S/C31H33ClF2N8O4/c1-15-11-39(4)5-6-41(15)21-9-20(25(32)27(34)37-21)36-23(43)13-40-12-18(16-7-17(28(35)45)26(44)19(33)8-16)24-29(40)38-22-10-31(2,3)14-42(22)30(24)46/h7-9,12,15,44H,5-6,10-11,13-14H2,1-4H3,(H2,35,45)(H,36,37,43)/t15-/m0/s1. The van der Waals surface area contributed by atoms with E-state index in [9.17, 15) is 28.3 Å². The summed E-state index contributed by atoms with van der Waals surface area (Å²) in [6.45, 7) is 8.11. The topological polar surface area (TPSA) is 152 Å². The Hall–Kier alpha value is -4.56. The lowest BCUT2D eigenvalue weighted by Gasteiger charge is -2.39. The van der Waals surface area contributed by atoms with E-state index in [0.717, 1.165) is 19.2 Å². The Labute approximate surface area is 267 Å². The molecule has 12 nitrogen and oxygen atoms in total. The fourth-order valence-electron chi connectivity index (χ4n) is 6.35. The molecule has 15 heteroatoms. The number of aromatic nitrogens is 4. The summed E-state index contributed by atoms with van der Waals surface area (Å²) in [6.07, 6.45) is 1.95. The van der Waals surface area contributed by atoms with Gasteiger partial charge in [-0.15, -0.1) is 0 Å². The normalized spacial score (nSPS) is 17.8. The summed E-state index contributed by atoms with van der Waals surface area (Å²) in [6, 6.07) is 3.72. The Kier molecular flexibility index (Phi) is 7.75. The van der Waals surface area contributed by atoms with Crippen molar-refractivity contribution in [1.29, 1.82) is 0 Å². The van der Waals surface area contributed by atoms with E-state index in [0.29, 0.717) is 31.2 Å². The van der Waals surface area contributed by atoms with E-state index in [4.69, 9.17) is 22.3 Å². The van der Waals surface area contributed by atoms with Crippen LogP contribution in [0.25, 0.3) is 22.2 Å². The number of phenols is 1. The van der Waals surface area contributed by atoms with Gasteiger partial charge in [-0.1, -0.05) is 25.4 Å². The molecule has 0 saturated carbocycles. The number of piperazine rings is 1. The summed E-state index contributed by atoms with van der Waals surface area (Å²) >= 11 is 6.23. The summed E-state index contributed by atoms with van der Waals surface area (Å²) < 4.78 is 32.6. The summed E-state index contributed by atoms with van der Waals surface area (Å²) in [5, 5.41) is 12.5. The minimum Gasteiger partial charge on any atom is -0.504 e. The minimum absolute atomic E-state index is 0.0272. The summed E-state index contributed by atoms with van der Waals surface area (Å²) in [5.74, 6) is -3.77.